The minimum atomic E-state index is -1.13. The van der Waals surface area contributed by atoms with Crippen LogP contribution in [0.5, 0.6) is 0 Å². The Bertz CT molecular complexity index is 1350. The number of esters is 1. The second-order valence-electron chi connectivity index (χ2n) is 8.24. The molecule has 1 unspecified atom stereocenters. The number of ether oxygens (including phenoxy) is 1. The Kier molecular flexibility index (Phi) is 6.91. The molecule has 1 aliphatic rings. The highest BCUT2D eigenvalue weighted by molar-refractivity contribution is 6.21. The molecule has 0 fully saturated rings. The Balaban J connectivity index is 1.39. The Morgan fingerprint density at radius 1 is 0.833 bits per heavy atom. The molecule has 36 heavy (non-hydrogen) atoms. The maximum atomic E-state index is 12.9. The van der Waals surface area contributed by atoms with Gasteiger partial charge in [-0.05, 0) is 55.0 Å². The summed E-state index contributed by atoms with van der Waals surface area (Å²) in [5.41, 5.74) is 2.21. The van der Waals surface area contributed by atoms with Crippen LogP contribution in [-0.2, 0) is 20.9 Å². The molecule has 4 amide bonds. The summed E-state index contributed by atoms with van der Waals surface area (Å²) in [6.07, 6.45) is -1.13. The predicted molar refractivity (Wildman–Crippen MR) is 131 cm³/mol. The molecule has 3 aromatic carbocycles. The fraction of sp³-hybridized carbons (Fsp3) is 0.148. The first-order chi connectivity index (χ1) is 17.2. The van der Waals surface area contributed by atoms with Crippen LogP contribution >= 0.6 is 0 Å². The lowest BCUT2D eigenvalue weighted by molar-refractivity contribution is -0.123. The molecule has 182 valence electrons. The summed E-state index contributed by atoms with van der Waals surface area (Å²) in [7, 11) is 0. The summed E-state index contributed by atoms with van der Waals surface area (Å²) in [5.74, 6) is -2.51. The largest absolute Gasteiger partial charge is 0.449 e. The average Bonchev–Trinajstić information content (AvgIpc) is 3.09. The van der Waals surface area contributed by atoms with Crippen molar-refractivity contribution >= 4 is 41.0 Å². The van der Waals surface area contributed by atoms with Crippen LogP contribution in [0, 0.1) is 0 Å². The average molecular weight is 485 g/mol. The van der Waals surface area contributed by atoms with Gasteiger partial charge >= 0.3 is 5.97 Å². The number of hydrogen-bond acceptors (Lipinski definition) is 6. The number of benzene rings is 3. The first-order valence-corrected chi connectivity index (χ1v) is 11.2. The molecular formula is C27H23N3O6. The van der Waals surface area contributed by atoms with Crippen LogP contribution in [-0.4, -0.2) is 40.6 Å². The zero-order chi connectivity index (χ0) is 25.8. The molecule has 1 heterocycles. The highest BCUT2D eigenvalue weighted by Crippen LogP contribution is 2.26. The van der Waals surface area contributed by atoms with Crippen LogP contribution in [0.3, 0.4) is 0 Å². The number of nitrogens with zero attached hydrogens (tertiary/aromatic N) is 1. The van der Waals surface area contributed by atoms with E-state index in [-0.39, 0.29) is 29.1 Å². The molecule has 1 aliphatic heterocycles. The molecule has 2 N–H and O–H groups in total. The van der Waals surface area contributed by atoms with Crippen molar-refractivity contribution in [2.75, 3.05) is 10.6 Å². The van der Waals surface area contributed by atoms with Crippen LogP contribution in [0.1, 0.15) is 50.5 Å². The molecular weight excluding hydrogens is 462 g/mol. The second-order valence-corrected chi connectivity index (χ2v) is 8.24. The topological polar surface area (TPSA) is 122 Å². The molecule has 4 rings (SSSR count). The van der Waals surface area contributed by atoms with Gasteiger partial charge in [0.15, 0.2) is 6.10 Å². The van der Waals surface area contributed by atoms with E-state index in [0.717, 1.165) is 10.5 Å². The maximum absolute atomic E-state index is 12.9. The van der Waals surface area contributed by atoms with Crippen LogP contribution < -0.4 is 10.6 Å². The highest BCUT2D eigenvalue weighted by Gasteiger charge is 2.36. The second kappa shape index (κ2) is 10.2. The van der Waals surface area contributed by atoms with Crippen LogP contribution in [0.4, 0.5) is 11.4 Å². The van der Waals surface area contributed by atoms with Crippen molar-refractivity contribution in [2.24, 2.45) is 0 Å². The van der Waals surface area contributed by atoms with E-state index in [1.165, 1.54) is 32.0 Å². The van der Waals surface area contributed by atoms with Crippen molar-refractivity contribution in [2.45, 2.75) is 26.5 Å². The van der Waals surface area contributed by atoms with Crippen molar-refractivity contribution in [3.05, 3.63) is 95.1 Å². The summed E-state index contributed by atoms with van der Waals surface area (Å²) in [5, 5.41) is 5.25. The van der Waals surface area contributed by atoms with Gasteiger partial charge < -0.3 is 15.4 Å². The summed E-state index contributed by atoms with van der Waals surface area (Å²) in [6, 6.07) is 19.7. The number of fused-ring (bicyclic) bond motifs is 1. The molecule has 0 saturated heterocycles. The molecule has 0 aliphatic carbocycles. The molecule has 9 heteroatoms. The third-order valence-electron chi connectivity index (χ3n) is 5.52. The van der Waals surface area contributed by atoms with Crippen molar-refractivity contribution in [3.8, 4) is 0 Å². The lowest BCUT2D eigenvalue weighted by Gasteiger charge is -2.14. The number of imide groups is 1. The van der Waals surface area contributed by atoms with Crippen LogP contribution in [0.15, 0.2) is 72.8 Å². The van der Waals surface area contributed by atoms with Crippen LogP contribution in [0.2, 0.25) is 0 Å². The van der Waals surface area contributed by atoms with Gasteiger partial charge in [-0.25, -0.2) is 4.79 Å². The van der Waals surface area contributed by atoms with Crippen molar-refractivity contribution in [3.63, 3.8) is 0 Å². The fourth-order valence-corrected chi connectivity index (χ4v) is 3.69. The standard InChI is InChI=1S/C27H23N3O6/c1-16(24(32)29-21-11-9-20(10-12-21)28-17(2)31)36-27(35)19-8-13-22-23(14-19)26(34)30(25(22)33)15-18-6-4-3-5-7-18/h3-14,16H,15H2,1-2H3,(H,28,31)(H,29,32). The third-order valence-corrected chi connectivity index (χ3v) is 5.52. The van der Waals surface area contributed by atoms with Crippen molar-refractivity contribution in [1.29, 1.82) is 0 Å². The molecule has 9 nitrogen and oxygen atoms in total. The van der Waals surface area contributed by atoms with Gasteiger partial charge in [-0.2, -0.15) is 0 Å². The SMILES string of the molecule is CC(=O)Nc1ccc(NC(=O)C(C)OC(=O)c2ccc3c(c2)C(=O)N(Cc2ccccc2)C3=O)cc1. The van der Waals surface area contributed by atoms with E-state index in [1.54, 1.807) is 24.3 Å². The van der Waals surface area contributed by atoms with E-state index in [4.69, 9.17) is 4.74 Å². The summed E-state index contributed by atoms with van der Waals surface area (Å²) in [6.45, 7) is 2.93. The molecule has 0 bridgehead atoms. The van der Waals surface area contributed by atoms with Crippen molar-refractivity contribution < 1.29 is 28.7 Å². The van der Waals surface area contributed by atoms with E-state index >= 15 is 0 Å². The number of carbonyl (C=O) groups is 5. The number of rotatable bonds is 7. The molecule has 0 radical (unpaired) electrons. The zero-order valence-electron chi connectivity index (χ0n) is 19.6. The van der Waals surface area contributed by atoms with E-state index in [2.05, 4.69) is 10.6 Å². The fourth-order valence-electron chi connectivity index (χ4n) is 3.69. The van der Waals surface area contributed by atoms with Gasteiger partial charge in [0.05, 0.1) is 23.2 Å². The number of hydrogen-bond donors (Lipinski definition) is 2. The van der Waals surface area contributed by atoms with Crippen molar-refractivity contribution in [1.82, 2.24) is 4.90 Å². The van der Waals surface area contributed by atoms with Gasteiger partial charge in [-0.15, -0.1) is 0 Å². The lowest BCUT2D eigenvalue weighted by Crippen LogP contribution is -2.30. The Hall–Kier alpha value is -4.79. The molecule has 0 saturated carbocycles. The highest BCUT2D eigenvalue weighted by atomic mass is 16.5. The van der Waals surface area contributed by atoms with E-state index in [0.29, 0.717) is 11.4 Å². The monoisotopic (exact) mass is 485 g/mol. The summed E-state index contributed by atoms with van der Waals surface area (Å²) < 4.78 is 5.27. The van der Waals surface area contributed by atoms with E-state index < -0.39 is 29.8 Å². The third kappa shape index (κ3) is 5.30. The number of amides is 4. The van der Waals surface area contributed by atoms with Crippen LogP contribution in [0.25, 0.3) is 0 Å². The Labute approximate surface area is 207 Å². The number of nitrogens with one attached hydrogen (secondary N) is 2. The first kappa shape index (κ1) is 24.3. The van der Waals surface area contributed by atoms with Gasteiger partial charge in [-0.3, -0.25) is 24.1 Å². The number of carbonyl (C=O) groups excluding carboxylic acids is 5. The zero-order valence-corrected chi connectivity index (χ0v) is 19.6. The smallest absolute Gasteiger partial charge is 0.338 e. The van der Waals surface area contributed by atoms with Gasteiger partial charge in [0.25, 0.3) is 17.7 Å². The van der Waals surface area contributed by atoms with E-state index in [1.807, 2.05) is 30.3 Å². The first-order valence-electron chi connectivity index (χ1n) is 11.2. The lowest BCUT2D eigenvalue weighted by atomic mass is 10.1. The molecule has 1 atom stereocenters. The summed E-state index contributed by atoms with van der Waals surface area (Å²) in [4.78, 5) is 63.0. The van der Waals surface area contributed by atoms with E-state index in [9.17, 15) is 24.0 Å². The molecule has 3 aromatic rings. The Morgan fingerprint density at radius 2 is 1.44 bits per heavy atom. The van der Waals surface area contributed by atoms with Gasteiger partial charge in [0, 0.05) is 18.3 Å². The normalized spacial score (nSPS) is 13.1. The van der Waals surface area contributed by atoms with Gasteiger partial charge in [0.2, 0.25) is 5.91 Å². The predicted octanol–water partition coefficient (Wildman–Crippen LogP) is 3.63. The minimum Gasteiger partial charge on any atom is -0.449 e. The maximum Gasteiger partial charge on any atom is 0.338 e. The summed E-state index contributed by atoms with van der Waals surface area (Å²) >= 11 is 0. The quantitative estimate of drug-likeness (QED) is 0.389. The molecule has 0 aromatic heterocycles. The Morgan fingerprint density at radius 3 is 2.08 bits per heavy atom. The minimum absolute atomic E-state index is 0.0516. The van der Waals surface area contributed by atoms with Gasteiger partial charge in [-0.1, -0.05) is 30.3 Å². The molecule has 0 spiro atoms. The number of anilines is 2. The van der Waals surface area contributed by atoms with Gasteiger partial charge in [0.1, 0.15) is 0 Å².